The number of hydrogen-bond acceptors (Lipinski definition) is 0. The molecule has 8 atom stereocenters. The second-order valence-corrected chi connectivity index (χ2v) is 7.00. The molecule has 0 aromatic rings. The van der Waals surface area contributed by atoms with Gasteiger partial charge in [-0.15, -0.1) is 0 Å². The molecule has 0 bridgehead atoms. The zero-order chi connectivity index (χ0) is 7.89. The van der Waals surface area contributed by atoms with Gasteiger partial charge in [0.25, 0.3) is 0 Å². The predicted octanol–water partition coefficient (Wildman–Crippen LogP) is 2.40. The van der Waals surface area contributed by atoms with Crippen molar-refractivity contribution in [3.8, 4) is 0 Å². The number of fused-ring (bicyclic) bond motifs is 9. The molecule has 68 valence electrons. The van der Waals surface area contributed by atoms with Gasteiger partial charge in [0.15, 0.2) is 0 Å². The molecule has 0 spiro atoms. The van der Waals surface area contributed by atoms with Gasteiger partial charge in [-0.3, -0.25) is 0 Å². The van der Waals surface area contributed by atoms with Gasteiger partial charge in [-0.1, -0.05) is 0 Å². The van der Waals surface area contributed by atoms with Crippen LogP contribution in [0.25, 0.3) is 0 Å². The molecule has 6 fully saturated rings. The molecule has 13 heavy (non-hydrogen) atoms. The molecule has 6 aliphatic carbocycles. The van der Waals surface area contributed by atoms with Gasteiger partial charge < -0.3 is 0 Å². The fraction of sp³-hybridized carbons (Fsp3) is 1.00. The van der Waals surface area contributed by atoms with Crippen LogP contribution in [0.5, 0.6) is 0 Å². The first-order chi connectivity index (χ1) is 6.45. The summed E-state index contributed by atoms with van der Waals surface area (Å²) in [5.74, 6) is 12.8. The molecule has 0 saturated heterocycles. The van der Waals surface area contributed by atoms with Crippen LogP contribution in [-0.2, 0) is 0 Å². The highest BCUT2D eigenvalue weighted by atomic mass is 14.9. The summed E-state index contributed by atoms with van der Waals surface area (Å²) in [6.07, 6.45) is 5.01. The van der Waals surface area contributed by atoms with E-state index in [-0.39, 0.29) is 0 Å². The first kappa shape index (κ1) is 5.78. The number of rotatable bonds is 0. The third-order valence-electron chi connectivity index (χ3n) is 6.97. The third kappa shape index (κ3) is 0.412. The normalized spacial score (nSPS) is 88.6. The Hall–Kier alpha value is 0. The van der Waals surface area contributed by atoms with E-state index >= 15 is 0 Å². The molecule has 0 radical (unpaired) electrons. The fourth-order valence-electron chi connectivity index (χ4n) is 6.80. The number of hydrogen-bond donors (Lipinski definition) is 0. The summed E-state index contributed by atoms with van der Waals surface area (Å²) in [5.41, 5.74) is 0. The minimum Gasteiger partial charge on any atom is -0.0465 e. The van der Waals surface area contributed by atoms with Crippen LogP contribution in [0.4, 0.5) is 0 Å². The first-order valence-electron chi connectivity index (χ1n) is 6.45. The molecule has 0 aromatic carbocycles. The van der Waals surface area contributed by atoms with Crippen LogP contribution in [0, 0.1) is 59.2 Å². The average Bonchev–Trinajstić information content (AvgIpc) is 3.06. The molecule has 2 unspecified atom stereocenters. The van der Waals surface area contributed by atoms with Crippen molar-refractivity contribution in [3.05, 3.63) is 0 Å². The van der Waals surface area contributed by atoms with Gasteiger partial charge in [-0.05, 0) is 78.4 Å². The highest BCUT2D eigenvalue weighted by Crippen LogP contribution is 2.86. The Morgan fingerprint density at radius 1 is 0.385 bits per heavy atom. The fourth-order valence-corrected chi connectivity index (χ4v) is 6.80. The Labute approximate surface area is 79.1 Å². The molecule has 6 saturated carbocycles. The molecule has 0 amide bonds. The first-order valence-corrected chi connectivity index (χ1v) is 6.45. The summed E-state index contributed by atoms with van der Waals surface area (Å²) in [6, 6.07) is 0. The van der Waals surface area contributed by atoms with E-state index in [1.807, 2.05) is 0 Å². The van der Waals surface area contributed by atoms with Crippen molar-refractivity contribution < 1.29 is 0 Å². The Morgan fingerprint density at radius 2 is 0.692 bits per heavy atom. The topological polar surface area (TPSA) is 0 Å². The molecule has 0 heterocycles. The van der Waals surface area contributed by atoms with Gasteiger partial charge in [0.05, 0.1) is 0 Å². The lowest BCUT2D eigenvalue weighted by Gasteiger charge is -2.25. The van der Waals surface area contributed by atoms with E-state index in [1.54, 1.807) is 19.3 Å². The highest BCUT2D eigenvalue weighted by molar-refractivity contribution is 5.28. The molecule has 0 aliphatic heterocycles. The van der Waals surface area contributed by atoms with Gasteiger partial charge in [-0.25, -0.2) is 0 Å². The van der Waals surface area contributed by atoms with Crippen LogP contribution in [0.1, 0.15) is 19.3 Å². The molecule has 6 rings (SSSR count). The molecular weight excluding hydrogens is 156 g/mol. The van der Waals surface area contributed by atoms with Crippen LogP contribution in [0.3, 0.4) is 0 Å². The van der Waals surface area contributed by atoms with E-state index in [9.17, 15) is 0 Å². The van der Waals surface area contributed by atoms with Crippen molar-refractivity contribution in [3.63, 3.8) is 0 Å². The van der Waals surface area contributed by atoms with E-state index < -0.39 is 0 Å². The molecule has 0 N–H and O–H groups in total. The lowest BCUT2D eigenvalue weighted by Crippen LogP contribution is -2.21. The Kier molecular flexibility index (Phi) is 0.593. The quantitative estimate of drug-likeness (QED) is 0.526. The van der Waals surface area contributed by atoms with E-state index in [2.05, 4.69) is 0 Å². The van der Waals surface area contributed by atoms with Gasteiger partial charge in [0.2, 0.25) is 0 Å². The van der Waals surface area contributed by atoms with E-state index in [4.69, 9.17) is 0 Å². The summed E-state index contributed by atoms with van der Waals surface area (Å²) in [4.78, 5) is 0. The van der Waals surface area contributed by atoms with E-state index in [0.717, 1.165) is 0 Å². The highest BCUT2D eigenvalue weighted by Gasteiger charge is 2.81. The molecule has 0 heteroatoms. The largest absolute Gasteiger partial charge is 0.0465 e. The maximum absolute atomic E-state index is 1.67. The summed E-state index contributed by atoms with van der Waals surface area (Å²) in [6.45, 7) is 0. The Bertz CT molecular complexity index is 257. The predicted molar refractivity (Wildman–Crippen MR) is 48.8 cm³/mol. The van der Waals surface area contributed by atoms with Gasteiger partial charge >= 0.3 is 0 Å². The monoisotopic (exact) mass is 172 g/mol. The van der Waals surface area contributed by atoms with Crippen molar-refractivity contribution in [2.24, 2.45) is 59.2 Å². The van der Waals surface area contributed by atoms with Gasteiger partial charge in [-0.2, -0.15) is 0 Å². The Morgan fingerprint density at radius 3 is 1.00 bits per heavy atom. The standard InChI is InChI=1S/C13H16/c1-4-5(1)11-7-3-9(7)12-8-2-6(8)10(4)13(11)12/h4-13H,1-3H2/t4-,5-,6-,7-,8+,9+,10?,11?,12?,13?/m1/s1. The summed E-state index contributed by atoms with van der Waals surface area (Å²) in [5, 5.41) is 0. The zero-order valence-electron chi connectivity index (χ0n) is 7.89. The van der Waals surface area contributed by atoms with Crippen LogP contribution < -0.4 is 0 Å². The molecule has 0 aromatic heterocycles. The van der Waals surface area contributed by atoms with E-state index in [1.165, 1.54) is 59.2 Å². The molecule has 6 aliphatic rings. The molecular formula is C13H16. The average molecular weight is 172 g/mol. The van der Waals surface area contributed by atoms with Crippen molar-refractivity contribution in [2.75, 3.05) is 0 Å². The van der Waals surface area contributed by atoms with Crippen LogP contribution in [-0.4, -0.2) is 0 Å². The second kappa shape index (κ2) is 1.33. The van der Waals surface area contributed by atoms with Crippen molar-refractivity contribution >= 4 is 0 Å². The smallest absolute Gasteiger partial charge is 0.0313 e. The molecule has 0 nitrogen and oxygen atoms in total. The van der Waals surface area contributed by atoms with Gasteiger partial charge in [0, 0.05) is 0 Å². The Balaban J connectivity index is 1.64. The van der Waals surface area contributed by atoms with Crippen molar-refractivity contribution in [1.82, 2.24) is 0 Å². The SMILES string of the molecule is C1[C@@H]2C3C4C([C@H]12)[C@@H]1C[C@H]1C4[C@@H]1C[C@H]31. The van der Waals surface area contributed by atoms with Crippen LogP contribution in [0.15, 0.2) is 0 Å². The summed E-state index contributed by atoms with van der Waals surface area (Å²) >= 11 is 0. The van der Waals surface area contributed by atoms with Crippen LogP contribution >= 0.6 is 0 Å². The van der Waals surface area contributed by atoms with Crippen molar-refractivity contribution in [2.45, 2.75) is 19.3 Å². The minimum absolute atomic E-state index is 1.27. The summed E-state index contributed by atoms with van der Waals surface area (Å²) < 4.78 is 0. The lowest BCUT2D eigenvalue weighted by molar-refractivity contribution is 0.222. The minimum atomic E-state index is 1.27. The maximum Gasteiger partial charge on any atom is -0.0313 e. The zero-order valence-corrected chi connectivity index (χ0v) is 7.89. The summed E-state index contributed by atoms with van der Waals surface area (Å²) in [7, 11) is 0. The van der Waals surface area contributed by atoms with Gasteiger partial charge in [0.1, 0.15) is 0 Å². The van der Waals surface area contributed by atoms with Crippen molar-refractivity contribution in [1.29, 1.82) is 0 Å². The maximum atomic E-state index is 1.67. The second-order valence-electron chi connectivity index (χ2n) is 7.00. The lowest BCUT2D eigenvalue weighted by atomic mass is 9.80. The third-order valence-corrected chi connectivity index (χ3v) is 6.97. The van der Waals surface area contributed by atoms with E-state index in [0.29, 0.717) is 0 Å². The van der Waals surface area contributed by atoms with Crippen LogP contribution in [0.2, 0.25) is 0 Å².